The Kier molecular flexibility index (Phi) is 4.19. The van der Waals surface area contributed by atoms with E-state index in [0.717, 1.165) is 11.1 Å². The van der Waals surface area contributed by atoms with Crippen LogP contribution < -0.4 is 4.74 Å². The van der Waals surface area contributed by atoms with Crippen molar-refractivity contribution in [1.82, 2.24) is 0 Å². The normalized spacial score (nSPS) is 12.2. The van der Waals surface area contributed by atoms with Gasteiger partial charge in [-0.1, -0.05) is 24.6 Å². The molecular weight excluding hydrogens is 228 g/mol. The summed E-state index contributed by atoms with van der Waals surface area (Å²) in [4.78, 5) is 10.8. The van der Waals surface area contributed by atoms with Crippen LogP contribution in [0.2, 0.25) is 5.02 Å². The summed E-state index contributed by atoms with van der Waals surface area (Å²) in [6, 6.07) is 3.67. The van der Waals surface area contributed by atoms with Crippen LogP contribution in [0.3, 0.4) is 0 Å². The zero-order valence-corrected chi connectivity index (χ0v) is 10.3. The molecule has 1 atom stereocenters. The second kappa shape index (κ2) is 5.21. The van der Waals surface area contributed by atoms with Gasteiger partial charge in [0, 0.05) is 5.56 Å². The molecule has 0 spiro atoms. The number of aryl methyl sites for hydroxylation is 1. The fourth-order valence-corrected chi connectivity index (χ4v) is 1.73. The number of carboxylic acid groups (broad SMARTS) is 1. The van der Waals surface area contributed by atoms with Gasteiger partial charge in [-0.2, -0.15) is 0 Å². The Morgan fingerprint density at radius 2 is 2.19 bits per heavy atom. The van der Waals surface area contributed by atoms with E-state index in [1.807, 2.05) is 19.1 Å². The number of ether oxygens (including phenoxy) is 1. The molecule has 1 N–H and O–H groups in total. The summed E-state index contributed by atoms with van der Waals surface area (Å²) < 4.78 is 5.18. The van der Waals surface area contributed by atoms with E-state index in [1.165, 1.54) is 0 Å². The lowest BCUT2D eigenvalue weighted by Gasteiger charge is -2.14. The Hall–Kier alpha value is -1.22. The molecule has 16 heavy (non-hydrogen) atoms. The van der Waals surface area contributed by atoms with Gasteiger partial charge in [-0.25, -0.2) is 0 Å². The number of aliphatic carboxylic acids is 1. The number of methoxy groups -OCH3 is 1. The fraction of sp³-hybridized carbons (Fsp3) is 0.417. The molecule has 1 aromatic rings. The summed E-state index contributed by atoms with van der Waals surface area (Å²) >= 11 is 6.15. The molecule has 0 aromatic heterocycles. The number of rotatable bonds is 4. The third-order valence-electron chi connectivity index (χ3n) is 2.55. The molecule has 0 fully saturated rings. The van der Waals surface area contributed by atoms with Crippen molar-refractivity contribution in [1.29, 1.82) is 0 Å². The molecule has 1 aromatic carbocycles. The van der Waals surface area contributed by atoms with Crippen molar-refractivity contribution in [3.8, 4) is 5.75 Å². The molecule has 0 radical (unpaired) electrons. The molecule has 3 nitrogen and oxygen atoms in total. The van der Waals surface area contributed by atoms with E-state index in [1.54, 1.807) is 14.0 Å². The largest absolute Gasteiger partial charge is 0.496 e. The highest BCUT2D eigenvalue weighted by molar-refractivity contribution is 6.32. The molecule has 0 aliphatic heterocycles. The van der Waals surface area contributed by atoms with Crippen LogP contribution >= 0.6 is 11.6 Å². The molecule has 1 rings (SSSR count). The highest BCUT2D eigenvalue weighted by Gasteiger charge is 2.17. The van der Waals surface area contributed by atoms with Crippen LogP contribution in [-0.2, 0) is 11.2 Å². The summed E-state index contributed by atoms with van der Waals surface area (Å²) in [6.45, 7) is 3.54. The first-order valence-electron chi connectivity index (χ1n) is 5.02. The maximum Gasteiger partial charge on any atom is 0.306 e. The monoisotopic (exact) mass is 242 g/mol. The highest BCUT2D eigenvalue weighted by atomic mass is 35.5. The first kappa shape index (κ1) is 12.8. The Morgan fingerprint density at radius 3 is 2.69 bits per heavy atom. The number of carboxylic acids is 1. The zero-order chi connectivity index (χ0) is 12.3. The van der Waals surface area contributed by atoms with Crippen LogP contribution in [0.4, 0.5) is 0 Å². The molecule has 4 heteroatoms. The van der Waals surface area contributed by atoms with Crippen molar-refractivity contribution in [2.75, 3.05) is 7.11 Å². The van der Waals surface area contributed by atoms with Gasteiger partial charge in [0.25, 0.3) is 0 Å². The van der Waals surface area contributed by atoms with Crippen molar-refractivity contribution >= 4 is 17.6 Å². The van der Waals surface area contributed by atoms with E-state index < -0.39 is 11.9 Å². The van der Waals surface area contributed by atoms with Gasteiger partial charge in [0.15, 0.2) is 0 Å². The minimum absolute atomic E-state index is 0.374. The minimum Gasteiger partial charge on any atom is -0.496 e. The molecular formula is C12H15ClO3. The van der Waals surface area contributed by atoms with Crippen molar-refractivity contribution in [3.05, 3.63) is 28.3 Å². The molecule has 0 aliphatic carbocycles. The van der Waals surface area contributed by atoms with Crippen LogP contribution in [0.1, 0.15) is 18.1 Å². The predicted molar refractivity (Wildman–Crippen MR) is 63.2 cm³/mol. The minimum atomic E-state index is -0.834. The first-order chi connectivity index (χ1) is 7.47. The highest BCUT2D eigenvalue weighted by Crippen LogP contribution is 2.31. The second-order valence-corrected chi connectivity index (χ2v) is 4.20. The number of carbonyl (C=O) groups is 1. The molecule has 1 unspecified atom stereocenters. The first-order valence-corrected chi connectivity index (χ1v) is 5.40. The van der Waals surface area contributed by atoms with Crippen molar-refractivity contribution in [2.24, 2.45) is 5.92 Å². The summed E-state index contributed by atoms with van der Waals surface area (Å²) in [5.41, 5.74) is 1.69. The Balaban J connectivity index is 3.10. The van der Waals surface area contributed by atoms with E-state index in [-0.39, 0.29) is 0 Å². The zero-order valence-electron chi connectivity index (χ0n) is 9.58. The lowest BCUT2D eigenvalue weighted by molar-refractivity contribution is -0.141. The Labute approximate surface area is 100.0 Å². The molecule has 0 saturated heterocycles. The van der Waals surface area contributed by atoms with E-state index >= 15 is 0 Å². The summed E-state index contributed by atoms with van der Waals surface area (Å²) in [5, 5.41) is 9.47. The summed E-state index contributed by atoms with van der Waals surface area (Å²) in [5.74, 6) is -0.670. The average molecular weight is 243 g/mol. The topological polar surface area (TPSA) is 46.5 Å². The van der Waals surface area contributed by atoms with Crippen LogP contribution in [0, 0.1) is 12.8 Å². The van der Waals surface area contributed by atoms with Gasteiger partial charge in [-0.3, -0.25) is 4.79 Å². The standard InChI is InChI=1S/C12H15ClO3/c1-7-4-5-10(16-3)9(11(7)13)6-8(2)12(14)15/h4-5,8H,6H2,1-3H3,(H,14,15). The molecule has 88 valence electrons. The number of hydrogen-bond acceptors (Lipinski definition) is 2. The fourth-order valence-electron chi connectivity index (χ4n) is 1.50. The van der Waals surface area contributed by atoms with Gasteiger partial charge in [-0.05, 0) is 25.0 Å². The van der Waals surface area contributed by atoms with Crippen LogP contribution in [0.25, 0.3) is 0 Å². The molecule has 0 amide bonds. The quantitative estimate of drug-likeness (QED) is 0.883. The summed E-state index contributed by atoms with van der Waals surface area (Å²) in [6.07, 6.45) is 0.374. The molecule has 0 saturated carbocycles. The smallest absolute Gasteiger partial charge is 0.306 e. The lowest BCUT2D eigenvalue weighted by Crippen LogP contribution is -2.13. The third-order valence-corrected chi connectivity index (χ3v) is 3.07. The Bertz CT molecular complexity index is 401. The van der Waals surface area contributed by atoms with Crippen molar-refractivity contribution < 1.29 is 14.6 Å². The van der Waals surface area contributed by atoms with Gasteiger partial charge in [0.05, 0.1) is 18.1 Å². The maximum absolute atomic E-state index is 10.8. The number of hydrogen-bond donors (Lipinski definition) is 1. The third kappa shape index (κ3) is 2.67. The van der Waals surface area contributed by atoms with E-state index in [0.29, 0.717) is 17.2 Å². The van der Waals surface area contributed by atoms with Gasteiger partial charge in [-0.15, -0.1) is 0 Å². The van der Waals surface area contributed by atoms with Crippen LogP contribution in [-0.4, -0.2) is 18.2 Å². The predicted octanol–water partition coefficient (Wildman–Crippen LogP) is 2.92. The van der Waals surface area contributed by atoms with E-state index in [4.69, 9.17) is 21.4 Å². The van der Waals surface area contributed by atoms with E-state index in [2.05, 4.69) is 0 Å². The molecule has 0 heterocycles. The van der Waals surface area contributed by atoms with Gasteiger partial charge in [0.1, 0.15) is 5.75 Å². The Morgan fingerprint density at radius 1 is 1.56 bits per heavy atom. The molecule has 0 bridgehead atoms. The van der Waals surface area contributed by atoms with E-state index in [9.17, 15) is 4.79 Å². The summed E-state index contributed by atoms with van der Waals surface area (Å²) in [7, 11) is 1.55. The van der Waals surface area contributed by atoms with Gasteiger partial charge in [0.2, 0.25) is 0 Å². The average Bonchev–Trinajstić information content (AvgIpc) is 2.25. The second-order valence-electron chi connectivity index (χ2n) is 3.82. The maximum atomic E-state index is 10.8. The van der Waals surface area contributed by atoms with Crippen LogP contribution in [0.15, 0.2) is 12.1 Å². The number of halogens is 1. The van der Waals surface area contributed by atoms with Crippen LogP contribution in [0.5, 0.6) is 5.75 Å². The molecule has 0 aliphatic rings. The van der Waals surface area contributed by atoms with Gasteiger partial charge < -0.3 is 9.84 Å². The van der Waals surface area contributed by atoms with Crippen molar-refractivity contribution in [2.45, 2.75) is 20.3 Å². The lowest BCUT2D eigenvalue weighted by atomic mass is 9.99. The SMILES string of the molecule is COc1ccc(C)c(Cl)c1CC(C)C(=O)O. The van der Waals surface area contributed by atoms with Gasteiger partial charge >= 0.3 is 5.97 Å². The number of benzene rings is 1. The van der Waals surface area contributed by atoms with Crippen molar-refractivity contribution in [3.63, 3.8) is 0 Å².